The molecule has 0 aliphatic heterocycles. The Balaban J connectivity index is 2.43. The lowest BCUT2D eigenvalue weighted by atomic mass is 9.98. The predicted octanol–water partition coefficient (Wildman–Crippen LogP) is 4.73. The molecule has 4 heteroatoms. The van der Waals surface area contributed by atoms with Gasteiger partial charge in [-0.15, -0.1) is 0 Å². The molecular weight excluding hydrogens is 338 g/mol. The lowest BCUT2D eigenvalue weighted by molar-refractivity contribution is 0.414. The molecule has 106 valence electrons. The molecule has 0 radical (unpaired) electrons. The number of benzene rings is 2. The fraction of sp³-hybridized carbons (Fsp3) is 0.250. The van der Waals surface area contributed by atoms with Gasteiger partial charge in [0.1, 0.15) is 5.75 Å². The third-order valence-electron chi connectivity index (χ3n) is 3.33. The van der Waals surface area contributed by atoms with Crippen molar-refractivity contribution >= 4 is 27.5 Å². The third-order valence-corrected chi connectivity index (χ3v) is 4.49. The van der Waals surface area contributed by atoms with Crippen LogP contribution in [0.2, 0.25) is 5.02 Å². The van der Waals surface area contributed by atoms with Gasteiger partial charge in [-0.2, -0.15) is 0 Å². The van der Waals surface area contributed by atoms with Crippen LogP contribution in [0.3, 0.4) is 0 Å². The summed E-state index contributed by atoms with van der Waals surface area (Å²) >= 11 is 9.67. The SMILES string of the molecule is CNC(c1ccc(C)c(Br)c1)c1ccc(Cl)c(OC)c1. The topological polar surface area (TPSA) is 21.3 Å². The maximum Gasteiger partial charge on any atom is 0.137 e. The van der Waals surface area contributed by atoms with E-state index in [1.165, 1.54) is 11.1 Å². The van der Waals surface area contributed by atoms with Gasteiger partial charge in [0, 0.05) is 4.47 Å². The number of nitrogens with one attached hydrogen (secondary N) is 1. The zero-order chi connectivity index (χ0) is 14.7. The first-order chi connectivity index (χ1) is 9.56. The van der Waals surface area contributed by atoms with Gasteiger partial charge in [0.2, 0.25) is 0 Å². The van der Waals surface area contributed by atoms with E-state index in [2.05, 4.69) is 46.4 Å². The molecule has 0 saturated heterocycles. The van der Waals surface area contributed by atoms with Crippen LogP contribution >= 0.6 is 27.5 Å². The van der Waals surface area contributed by atoms with Crippen LogP contribution in [0.5, 0.6) is 5.75 Å². The van der Waals surface area contributed by atoms with Gasteiger partial charge in [-0.25, -0.2) is 0 Å². The van der Waals surface area contributed by atoms with Gasteiger partial charge >= 0.3 is 0 Å². The highest BCUT2D eigenvalue weighted by Crippen LogP contribution is 2.31. The standard InChI is InChI=1S/C16H17BrClNO/c1-10-4-5-11(8-13(10)17)16(19-2)12-6-7-14(18)15(9-12)20-3/h4-9,16,19H,1-3H3. The van der Waals surface area contributed by atoms with Crippen LogP contribution in [0, 0.1) is 6.92 Å². The Morgan fingerprint density at radius 1 is 1.15 bits per heavy atom. The Morgan fingerprint density at radius 3 is 2.40 bits per heavy atom. The largest absolute Gasteiger partial charge is 0.495 e. The van der Waals surface area contributed by atoms with E-state index in [0.29, 0.717) is 10.8 Å². The van der Waals surface area contributed by atoms with Gasteiger partial charge in [0.15, 0.2) is 0 Å². The molecule has 0 amide bonds. The molecular formula is C16H17BrClNO. The van der Waals surface area contributed by atoms with Crippen molar-refractivity contribution in [2.45, 2.75) is 13.0 Å². The number of hydrogen-bond acceptors (Lipinski definition) is 2. The highest BCUT2D eigenvalue weighted by atomic mass is 79.9. The minimum atomic E-state index is 0.0954. The molecule has 2 aromatic carbocycles. The molecule has 0 spiro atoms. The first-order valence-corrected chi connectivity index (χ1v) is 7.50. The van der Waals surface area contributed by atoms with Crippen LogP contribution in [0.4, 0.5) is 0 Å². The first-order valence-electron chi connectivity index (χ1n) is 6.33. The number of aryl methyl sites for hydroxylation is 1. The summed E-state index contributed by atoms with van der Waals surface area (Å²) in [6, 6.07) is 12.3. The minimum absolute atomic E-state index is 0.0954. The molecule has 0 fully saturated rings. The number of halogens is 2. The molecule has 1 N–H and O–H groups in total. The second-order valence-electron chi connectivity index (χ2n) is 4.62. The number of ether oxygens (including phenoxy) is 1. The van der Waals surface area contributed by atoms with E-state index in [9.17, 15) is 0 Å². The summed E-state index contributed by atoms with van der Waals surface area (Å²) in [6.45, 7) is 2.08. The quantitative estimate of drug-likeness (QED) is 0.857. The lowest BCUT2D eigenvalue weighted by Gasteiger charge is -2.19. The van der Waals surface area contributed by atoms with Crippen LogP contribution in [0.15, 0.2) is 40.9 Å². The van der Waals surface area contributed by atoms with Gasteiger partial charge in [-0.05, 0) is 48.9 Å². The summed E-state index contributed by atoms with van der Waals surface area (Å²) in [5.41, 5.74) is 3.52. The minimum Gasteiger partial charge on any atom is -0.495 e. The summed E-state index contributed by atoms with van der Waals surface area (Å²) in [5.74, 6) is 0.690. The van der Waals surface area contributed by atoms with Crippen LogP contribution in [-0.2, 0) is 0 Å². The second-order valence-corrected chi connectivity index (χ2v) is 5.89. The van der Waals surface area contributed by atoms with Crippen LogP contribution < -0.4 is 10.1 Å². The average molecular weight is 355 g/mol. The zero-order valence-corrected chi connectivity index (χ0v) is 14.0. The normalized spacial score (nSPS) is 12.2. The third kappa shape index (κ3) is 3.17. The summed E-state index contributed by atoms with van der Waals surface area (Å²) in [5, 5.41) is 3.95. The van der Waals surface area contributed by atoms with Crippen LogP contribution in [0.25, 0.3) is 0 Å². The van der Waals surface area contributed by atoms with Gasteiger partial charge in [0.05, 0.1) is 18.2 Å². The fourth-order valence-electron chi connectivity index (χ4n) is 2.17. The average Bonchev–Trinajstić information content (AvgIpc) is 2.45. The predicted molar refractivity (Wildman–Crippen MR) is 87.8 cm³/mol. The van der Waals surface area contributed by atoms with E-state index < -0.39 is 0 Å². The van der Waals surface area contributed by atoms with Gasteiger partial charge in [0.25, 0.3) is 0 Å². The van der Waals surface area contributed by atoms with Crippen molar-refractivity contribution in [3.63, 3.8) is 0 Å². The first kappa shape index (κ1) is 15.4. The van der Waals surface area contributed by atoms with Gasteiger partial charge in [-0.1, -0.05) is 45.7 Å². The fourth-order valence-corrected chi connectivity index (χ4v) is 2.76. The van der Waals surface area contributed by atoms with Gasteiger partial charge in [-0.3, -0.25) is 0 Å². The summed E-state index contributed by atoms with van der Waals surface area (Å²) < 4.78 is 6.40. The smallest absolute Gasteiger partial charge is 0.137 e. The van der Waals surface area contributed by atoms with Crippen molar-refractivity contribution in [3.05, 3.63) is 62.6 Å². The van der Waals surface area contributed by atoms with Crippen LogP contribution in [0.1, 0.15) is 22.7 Å². The Hall–Kier alpha value is -1.03. The second kappa shape index (κ2) is 6.61. The molecule has 0 heterocycles. The highest BCUT2D eigenvalue weighted by Gasteiger charge is 2.14. The van der Waals surface area contributed by atoms with Crippen molar-refractivity contribution in [1.82, 2.24) is 5.32 Å². The van der Waals surface area contributed by atoms with E-state index in [-0.39, 0.29) is 6.04 Å². The van der Waals surface area contributed by atoms with Crippen LogP contribution in [-0.4, -0.2) is 14.2 Å². The van der Waals surface area contributed by atoms with E-state index in [1.807, 2.05) is 25.2 Å². The van der Waals surface area contributed by atoms with E-state index in [4.69, 9.17) is 16.3 Å². The van der Waals surface area contributed by atoms with Crippen molar-refractivity contribution in [1.29, 1.82) is 0 Å². The Bertz CT molecular complexity index is 615. The summed E-state index contributed by atoms with van der Waals surface area (Å²) in [7, 11) is 3.57. The summed E-state index contributed by atoms with van der Waals surface area (Å²) in [4.78, 5) is 0. The molecule has 2 nitrogen and oxygen atoms in total. The van der Waals surface area contributed by atoms with E-state index in [0.717, 1.165) is 10.0 Å². The molecule has 0 bridgehead atoms. The number of methoxy groups -OCH3 is 1. The monoisotopic (exact) mass is 353 g/mol. The number of hydrogen-bond donors (Lipinski definition) is 1. The van der Waals surface area contributed by atoms with Crippen molar-refractivity contribution in [3.8, 4) is 5.75 Å². The molecule has 1 unspecified atom stereocenters. The molecule has 0 saturated carbocycles. The van der Waals surface area contributed by atoms with Crippen molar-refractivity contribution in [2.24, 2.45) is 0 Å². The molecule has 0 aromatic heterocycles. The van der Waals surface area contributed by atoms with Gasteiger partial charge < -0.3 is 10.1 Å². The highest BCUT2D eigenvalue weighted by molar-refractivity contribution is 9.10. The molecule has 0 aliphatic carbocycles. The number of rotatable bonds is 4. The molecule has 2 aromatic rings. The maximum absolute atomic E-state index is 6.08. The van der Waals surface area contributed by atoms with E-state index >= 15 is 0 Å². The lowest BCUT2D eigenvalue weighted by Crippen LogP contribution is -2.17. The Labute approximate surface area is 133 Å². The molecule has 1 atom stereocenters. The Kier molecular flexibility index (Phi) is 5.08. The summed E-state index contributed by atoms with van der Waals surface area (Å²) in [6.07, 6.45) is 0. The molecule has 20 heavy (non-hydrogen) atoms. The van der Waals surface area contributed by atoms with Crippen molar-refractivity contribution < 1.29 is 4.74 Å². The van der Waals surface area contributed by atoms with Crippen molar-refractivity contribution in [2.75, 3.05) is 14.2 Å². The Morgan fingerprint density at radius 2 is 1.80 bits per heavy atom. The van der Waals surface area contributed by atoms with E-state index in [1.54, 1.807) is 7.11 Å². The maximum atomic E-state index is 6.08. The zero-order valence-electron chi connectivity index (χ0n) is 11.7. The molecule has 0 aliphatic rings. The molecule has 2 rings (SSSR count).